The number of hydrogen-bond acceptors (Lipinski definition) is 4. The Morgan fingerprint density at radius 1 is 1.78 bits per heavy atom. The van der Waals surface area contributed by atoms with Gasteiger partial charge in [-0.2, -0.15) is 0 Å². The first-order chi connectivity index (χ1) is 4.00. The fourth-order valence-electron chi connectivity index (χ4n) is 0.214. The lowest BCUT2D eigenvalue weighted by Crippen LogP contribution is -2.48. The molecule has 0 aliphatic rings. The van der Waals surface area contributed by atoms with Crippen LogP contribution in [0, 0.1) is 0 Å². The van der Waals surface area contributed by atoms with Gasteiger partial charge in [0.2, 0.25) is 5.72 Å². The summed E-state index contributed by atoms with van der Waals surface area (Å²) in [4.78, 5) is 19.5. The Morgan fingerprint density at radius 3 is 2.33 bits per heavy atom. The molecule has 1 unspecified atom stereocenters. The summed E-state index contributed by atoms with van der Waals surface area (Å²) < 4.78 is 0. The molecule has 0 radical (unpaired) electrons. The molecular weight excluding hydrogens is 126 g/mol. The summed E-state index contributed by atoms with van der Waals surface area (Å²) in [6.45, 7) is 0. The molecule has 0 aliphatic heterocycles. The molecule has 0 aromatic carbocycles. The zero-order valence-electron chi connectivity index (χ0n) is 4.57. The van der Waals surface area contributed by atoms with E-state index < -0.39 is 18.1 Å². The van der Waals surface area contributed by atoms with Gasteiger partial charge in [-0.05, 0) is 0 Å². The molecular formula is C4H7NO4. The lowest BCUT2D eigenvalue weighted by molar-refractivity contribution is -0.159. The van der Waals surface area contributed by atoms with Crippen molar-refractivity contribution in [3.63, 3.8) is 0 Å². The Balaban J connectivity index is 4.00. The molecule has 0 heterocycles. The first-order valence-corrected chi connectivity index (χ1v) is 2.19. The topological polar surface area (TPSA) is 101 Å². The van der Waals surface area contributed by atoms with E-state index in [-0.39, 0.29) is 6.29 Å². The van der Waals surface area contributed by atoms with Gasteiger partial charge < -0.3 is 15.0 Å². The van der Waals surface area contributed by atoms with E-state index in [1.165, 1.54) is 0 Å². The molecule has 4 N–H and O–H groups in total. The third kappa shape index (κ3) is 2.20. The fourth-order valence-corrected chi connectivity index (χ4v) is 0.214. The maximum Gasteiger partial charge on any atom is 0.351 e. The van der Waals surface area contributed by atoms with Gasteiger partial charge in [-0.15, -0.1) is 0 Å². The van der Waals surface area contributed by atoms with Crippen molar-refractivity contribution in [2.24, 2.45) is 5.73 Å². The maximum atomic E-state index is 9.88. The SMILES string of the molecule is NC(O)(CC=O)C(=O)O. The Labute approximate surface area is 51.1 Å². The second-order valence-electron chi connectivity index (χ2n) is 1.60. The molecule has 1 atom stereocenters. The highest BCUT2D eigenvalue weighted by Crippen LogP contribution is 1.97. The number of hydrogen-bond donors (Lipinski definition) is 3. The molecule has 9 heavy (non-hydrogen) atoms. The number of aldehydes is 1. The predicted molar refractivity (Wildman–Crippen MR) is 27.5 cm³/mol. The molecule has 5 nitrogen and oxygen atoms in total. The van der Waals surface area contributed by atoms with Crippen LogP contribution < -0.4 is 5.73 Å². The Hall–Kier alpha value is -0.940. The Morgan fingerprint density at radius 2 is 2.22 bits per heavy atom. The fraction of sp³-hybridized carbons (Fsp3) is 0.500. The second kappa shape index (κ2) is 2.56. The summed E-state index contributed by atoms with van der Waals surface area (Å²) >= 11 is 0. The lowest BCUT2D eigenvalue weighted by atomic mass is 10.2. The second-order valence-corrected chi connectivity index (χ2v) is 1.60. The van der Waals surface area contributed by atoms with Crippen molar-refractivity contribution in [2.75, 3.05) is 0 Å². The van der Waals surface area contributed by atoms with Crippen molar-refractivity contribution in [3.05, 3.63) is 0 Å². The number of aliphatic hydroxyl groups is 1. The van der Waals surface area contributed by atoms with E-state index in [2.05, 4.69) is 0 Å². The smallest absolute Gasteiger partial charge is 0.351 e. The quantitative estimate of drug-likeness (QED) is 0.315. The van der Waals surface area contributed by atoms with Gasteiger partial charge in [-0.1, -0.05) is 0 Å². The molecule has 0 fully saturated rings. The summed E-state index contributed by atoms with van der Waals surface area (Å²) in [5.41, 5.74) is 2.29. The highest BCUT2D eigenvalue weighted by molar-refractivity contribution is 5.79. The van der Waals surface area contributed by atoms with E-state index in [9.17, 15) is 9.59 Å². The van der Waals surface area contributed by atoms with Gasteiger partial charge >= 0.3 is 5.97 Å². The minimum atomic E-state index is -2.40. The van der Waals surface area contributed by atoms with Crippen LogP contribution in [0.4, 0.5) is 0 Å². The van der Waals surface area contributed by atoms with E-state index in [1.807, 2.05) is 0 Å². The number of carboxylic acids is 1. The van der Waals surface area contributed by atoms with Gasteiger partial charge in [-0.25, -0.2) is 4.79 Å². The molecule has 0 aromatic rings. The van der Waals surface area contributed by atoms with Crippen LogP contribution in [0.15, 0.2) is 0 Å². The molecule has 0 spiro atoms. The number of carbonyl (C=O) groups excluding carboxylic acids is 1. The number of carbonyl (C=O) groups is 2. The van der Waals surface area contributed by atoms with E-state index in [1.54, 1.807) is 0 Å². The molecule has 0 rings (SSSR count). The van der Waals surface area contributed by atoms with Crippen LogP contribution in [0.25, 0.3) is 0 Å². The molecule has 52 valence electrons. The normalized spacial score (nSPS) is 16.2. The summed E-state index contributed by atoms with van der Waals surface area (Å²) in [6, 6.07) is 0. The molecule has 0 aromatic heterocycles. The van der Waals surface area contributed by atoms with Crippen molar-refractivity contribution in [1.29, 1.82) is 0 Å². The Bertz CT molecular complexity index is 131. The van der Waals surface area contributed by atoms with E-state index in [0.717, 1.165) is 0 Å². The molecule has 5 heteroatoms. The van der Waals surface area contributed by atoms with Crippen molar-refractivity contribution >= 4 is 12.3 Å². The number of nitrogens with two attached hydrogens (primary N) is 1. The van der Waals surface area contributed by atoms with E-state index in [0.29, 0.717) is 0 Å². The van der Waals surface area contributed by atoms with Crippen molar-refractivity contribution in [2.45, 2.75) is 12.1 Å². The third-order valence-corrected chi connectivity index (χ3v) is 0.765. The number of carboxylic acid groups (broad SMARTS) is 1. The van der Waals surface area contributed by atoms with Crippen LogP contribution in [0.5, 0.6) is 0 Å². The van der Waals surface area contributed by atoms with Crippen LogP contribution in [-0.4, -0.2) is 28.2 Å². The summed E-state index contributed by atoms with van der Waals surface area (Å²) in [6.07, 6.45) is -0.351. The first kappa shape index (κ1) is 8.06. The third-order valence-electron chi connectivity index (χ3n) is 0.765. The van der Waals surface area contributed by atoms with E-state index in [4.69, 9.17) is 15.9 Å². The highest BCUT2D eigenvalue weighted by atomic mass is 16.4. The van der Waals surface area contributed by atoms with Gasteiger partial charge in [0.15, 0.2) is 0 Å². The molecule has 0 amide bonds. The molecule has 0 aliphatic carbocycles. The average molecular weight is 133 g/mol. The highest BCUT2D eigenvalue weighted by Gasteiger charge is 2.29. The Kier molecular flexibility index (Phi) is 2.29. The zero-order chi connectivity index (χ0) is 7.49. The average Bonchev–Trinajstić information content (AvgIpc) is 1.65. The van der Waals surface area contributed by atoms with Crippen LogP contribution in [-0.2, 0) is 9.59 Å². The van der Waals surface area contributed by atoms with Crippen molar-refractivity contribution < 1.29 is 19.8 Å². The lowest BCUT2D eigenvalue weighted by Gasteiger charge is -2.12. The number of rotatable bonds is 3. The van der Waals surface area contributed by atoms with Gasteiger partial charge in [-0.3, -0.25) is 5.73 Å². The van der Waals surface area contributed by atoms with Crippen LogP contribution in [0.1, 0.15) is 6.42 Å². The number of aliphatic carboxylic acids is 1. The van der Waals surface area contributed by atoms with Crippen LogP contribution >= 0.6 is 0 Å². The predicted octanol–water partition coefficient (Wildman–Crippen LogP) is -1.69. The summed E-state index contributed by atoms with van der Waals surface area (Å²) in [5, 5.41) is 16.6. The van der Waals surface area contributed by atoms with Crippen LogP contribution in [0.2, 0.25) is 0 Å². The molecule has 0 saturated carbocycles. The minimum absolute atomic E-state index is 0.244. The van der Waals surface area contributed by atoms with Gasteiger partial charge in [0.25, 0.3) is 0 Å². The zero-order valence-corrected chi connectivity index (χ0v) is 4.57. The molecule has 0 saturated heterocycles. The largest absolute Gasteiger partial charge is 0.478 e. The van der Waals surface area contributed by atoms with Crippen molar-refractivity contribution in [1.82, 2.24) is 0 Å². The molecule has 0 bridgehead atoms. The van der Waals surface area contributed by atoms with E-state index >= 15 is 0 Å². The van der Waals surface area contributed by atoms with Gasteiger partial charge in [0, 0.05) is 0 Å². The summed E-state index contributed by atoms with van der Waals surface area (Å²) in [5.74, 6) is -1.60. The monoisotopic (exact) mass is 133 g/mol. The minimum Gasteiger partial charge on any atom is -0.478 e. The maximum absolute atomic E-state index is 9.88. The first-order valence-electron chi connectivity index (χ1n) is 2.19. The van der Waals surface area contributed by atoms with Gasteiger partial charge in [0.05, 0.1) is 6.42 Å². The van der Waals surface area contributed by atoms with Gasteiger partial charge in [0.1, 0.15) is 6.29 Å². The standard InChI is InChI=1S/C4H7NO4/c5-4(9,1-2-6)3(7)8/h2,9H,1,5H2,(H,7,8). The van der Waals surface area contributed by atoms with Crippen LogP contribution in [0.3, 0.4) is 0 Å². The van der Waals surface area contributed by atoms with Crippen molar-refractivity contribution in [3.8, 4) is 0 Å². The summed E-state index contributed by atoms with van der Waals surface area (Å²) in [7, 11) is 0.